The van der Waals surface area contributed by atoms with Crippen LogP contribution in [-0.4, -0.2) is 21.8 Å². The molecule has 0 aliphatic heterocycles. The van der Waals surface area contributed by atoms with Crippen LogP contribution in [0.5, 0.6) is 5.75 Å². The van der Waals surface area contributed by atoms with Gasteiger partial charge in [0.25, 0.3) is 11.4 Å². The molecule has 0 saturated heterocycles. The van der Waals surface area contributed by atoms with Gasteiger partial charge in [0.1, 0.15) is 17.4 Å². The zero-order chi connectivity index (χ0) is 18.8. The maximum absolute atomic E-state index is 12.6. The molecule has 0 bridgehead atoms. The topological polar surface area (TPSA) is 93.9 Å². The van der Waals surface area contributed by atoms with Gasteiger partial charge in [0.05, 0.1) is 19.2 Å². The van der Waals surface area contributed by atoms with E-state index in [1.165, 1.54) is 4.57 Å². The minimum atomic E-state index is -0.382. The molecule has 0 aliphatic carbocycles. The Balaban J connectivity index is 1.73. The molecule has 0 saturated carbocycles. The fourth-order valence-electron chi connectivity index (χ4n) is 2.87. The van der Waals surface area contributed by atoms with Gasteiger partial charge in [0.2, 0.25) is 0 Å². The predicted molar refractivity (Wildman–Crippen MR) is 98.3 cm³/mol. The van der Waals surface area contributed by atoms with E-state index in [2.05, 4.69) is 10.1 Å². The molecule has 0 unspecified atom stereocenters. The summed E-state index contributed by atoms with van der Waals surface area (Å²) in [7, 11) is 1.59. The van der Waals surface area contributed by atoms with Crippen LogP contribution in [0.2, 0.25) is 0 Å². The molecule has 2 heterocycles. The summed E-state index contributed by atoms with van der Waals surface area (Å²) in [6, 6.07) is 18.1. The summed E-state index contributed by atoms with van der Waals surface area (Å²) < 4.78 is 11.9. The highest BCUT2D eigenvalue weighted by Gasteiger charge is 2.14. The van der Waals surface area contributed by atoms with Crippen molar-refractivity contribution >= 4 is 10.9 Å². The summed E-state index contributed by atoms with van der Waals surface area (Å²) in [5, 5.41) is 14.0. The maximum atomic E-state index is 12.6. The standard InChI is InChI=1S/C20H14N4O3/c1-26-16-8-6-13(7-9-16)19-22-18(23-27-19)12-24-17-5-3-2-4-14(17)10-15(11-21)20(24)25/h2-10H,12H2,1H3. The van der Waals surface area contributed by atoms with Crippen LogP contribution in [0.15, 0.2) is 63.9 Å². The number of nitrogens with zero attached hydrogens (tertiary/aromatic N) is 4. The van der Waals surface area contributed by atoms with E-state index in [0.29, 0.717) is 17.2 Å². The Bertz CT molecular complexity index is 1220. The molecular weight excluding hydrogens is 344 g/mol. The van der Waals surface area contributed by atoms with E-state index < -0.39 is 0 Å². The van der Waals surface area contributed by atoms with E-state index in [1.807, 2.05) is 42.5 Å². The molecule has 0 atom stereocenters. The number of rotatable bonds is 4. The minimum Gasteiger partial charge on any atom is -0.497 e. The summed E-state index contributed by atoms with van der Waals surface area (Å²) in [6.45, 7) is 0.106. The van der Waals surface area contributed by atoms with Crippen LogP contribution >= 0.6 is 0 Å². The van der Waals surface area contributed by atoms with Gasteiger partial charge in [-0.15, -0.1) is 0 Å². The summed E-state index contributed by atoms with van der Waals surface area (Å²) in [5.41, 5.74) is 1.15. The van der Waals surface area contributed by atoms with Crippen molar-refractivity contribution in [1.29, 1.82) is 5.26 Å². The van der Waals surface area contributed by atoms with Crippen LogP contribution in [0, 0.1) is 11.3 Å². The van der Waals surface area contributed by atoms with E-state index in [1.54, 1.807) is 25.3 Å². The lowest BCUT2D eigenvalue weighted by atomic mass is 10.1. The molecular formula is C20H14N4O3. The lowest BCUT2D eigenvalue weighted by molar-refractivity contribution is 0.413. The Morgan fingerprint density at radius 2 is 1.96 bits per heavy atom. The van der Waals surface area contributed by atoms with Crippen LogP contribution in [-0.2, 0) is 6.54 Å². The molecule has 0 radical (unpaired) electrons. The van der Waals surface area contributed by atoms with E-state index >= 15 is 0 Å². The number of nitriles is 1. The fraction of sp³-hybridized carbons (Fsp3) is 0.100. The molecule has 7 nitrogen and oxygen atoms in total. The van der Waals surface area contributed by atoms with Crippen molar-refractivity contribution in [3.8, 4) is 23.3 Å². The van der Waals surface area contributed by atoms with E-state index in [0.717, 1.165) is 16.7 Å². The molecule has 2 aromatic heterocycles. The van der Waals surface area contributed by atoms with Gasteiger partial charge in [-0.2, -0.15) is 10.2 Å². The first kappa shape index (κ1) is 16.5. The number of methoxy groups -OCH3 is 1. The van der Waals surface area contributed by atoms with E-state index in [-0.39, 0.29) is 17.7 Å². The average molecular weight is 358 g/mol. The van der Waals surface area contributed by atoms with Gasteiger partial charge in [0, 0.05) is 5.56 Å². The molecule has 27 heavy (non-hydrogen) atoms. The minimum absolute atomic E-state index is 0.0765. The summed E-state index contributed by atoms with van der Waals surface area (Å²) in [5.74, 6) is 1.43. The number of ether oxygens (including phenoxy) is 1. The van der Waals surface area contributed by atoms with Crippen LogP contribution in [0.25, 0.3) is 22.4 Å². The third-order valence-corrected chi connectivity index (χ3v) is 4.23. The van der Waals surface area contributed by atoms with Gasteiger partial charge >= 0.3 is 0 Å². The SMILES string of the molecule is COc1ccc(-c2nc(Cn3c(=O)c(C#N)cc4ccccc43)no2)cc1. The zero-order valence-corrected chi connectivity index (χ0v) is 14.4. The quantitative estimate of drug-likeness (QED) is 0.557. The van der Waals surface area contributed by atoms with Gasteiger partial charge in [-0.05, 0) is 41.8 Å². The van der Waals surface area contributed by atoms with Gasteiger partial charge in [0.15, 0.2) is 5.82 Å². The number of hydrogen-bond donors (Lipinski definition) is 0. The highest BCUT2D eigenvalue weighted by Crippen LogP contribution is 2.21. The van der Waals surface area contributed by atoms with Crippen molar-refractivity contribution in [2.45, 2.75) is 6.54 Å². The highest BCUT2D eigenvalue weighted by molar-refractivity contribution is 5.80. The second-order valence-electron chi connectivity index (χ2n) is 5.86. The number of para-hydroxylation sites is 1. The molecule has 0 spiro atoms. The molecule has 0 N–H and O–H groups in total. The first-order valence-electron chi connectivity index (χ1n) is 8.19. The van der Waals surface area contributed by atoms with Crippen molar-refractivity contribution in [3.05, 3.63) is 76.3 Å². The van der Waals surface area contributed by atoms with Gasteiger partial charge in [-0.1, -0.05) is 23.4 Å². The van der Waals surface area contributed by atoms with Crippen molar-refractivity contribution in [3.63, 3.8) is 0 Å². The van der Waals surface area contributed by atoms with Crippen LogP contribution in [0.3, 0.4) is 0 Å². The molecule has 7 heteroatoms. The van der Waals surface area contributed by atoms with Crippen molar-refractivity contribution < 1.29 is 9.26 Å². The van der Waals surface area contributed by atoms with Crippen LogP contribution in [0.4, 0.5) is 0 Å². The second kappa shape index (κ2) is 6.77. The number of pyridine rings is 1. The molecule has 132 valence electrons. The smallest absolute Gasteiger partial charge is 0.269 e. The molecule has 4 rings (SSSR count). The summed E-state index contributed by atoms with van der Waals surface area (Å²) in [6.07, 6.45) is 0. The normalized spacial score (nSPS) is 10.7. The number of hydrogen-bond acceptors (Lipinski definition) is 6. The average Bonchev–Trinajstić information content (AvgIpc) is 3.18. The first-order valence-corrected chi connectivity index (χ1v) is 8.19. The van der Waals surface area contributed by atoms with Gasteiger partial charge in [-0.3, -0.25) is 9.36 Å². The monoisotopic (exact) mass is 358 g/mol. The second-order valence-corrected chi connectivity index (χ2v) is 5.86. The number of benzene rings is 2. The molecule has 0 amide bonds. The largest absolute Gasteiger partial charge is 0.497 e. The van der Waals surface area contributed by atoms with Crippen molar-refractivity contribution in [1.82, 2.24) is 14.7 Å². The summed E-state index contributed by atoms with van der Waals surface area (Å²) >= 11 is 0. The summed E-state index contributed by atoms with van der Waals surface area (Å²) in [4.78, 5) is 17.0. The molecule has 4 aromatic rings. The van der Waals surface area contributed by atoms with Gasteiger partial charge in [-0.25, -0.2) is 0 Å². The predicted octanol–water partition coefficient (Wildman–Crippen LogP) is 2.98. The Labute approximate surface area is 154 Å². The Kier molecular flexibility index (Phi) is 4.15. The Morgan fingerprint density at radius 1 is 1.19 bits per heavy atom. The van der Waals surface area contributed by atoms with E-state index in [9.17, 15) is 10.1 Å². The van der Waals surface area contributed by atoms with Gasteiger partial charge < -0.3 is 9.26 Å². The van der Waals surface area contributed by atoms with Crippen molar-refractivity contribution in [2.75, 3.05) is 7.11 Å². The third-order valence-electron chi connectivity index (χ3n) is 4.23. The lowest BCUT2D eigenvalue weighted by Crippen LogP contribution is -2.24. The Morgan fingerprint density at radius 3 is 2.70 bits per heavy atom. The van der Waals surface area contributed by atoms with Crippen molar-refractivity contribution in [2.24, 2.45) is 0 Å². The molecule has 2 aromatic carbocycles. The molecule has 0 aliphatic rings. The van der Waals surface area contributed by atoms with Crippen LogP contribution in [0.1, 0.15) is 11.4 Å². The zero-order valence-electron chi connectivity index (χ0n) is 14.4. The first-order chi connectivity index (χ1) is 13.2. The third kappa shape index (κ3) is 3.04. The number of aromatic nitrogens is 3. The molecule has 0 fully saturated rings. The number of fused-ring (bicyclic) bond motifs is 1. The Hall–Kier alpha value is -3.92. The highest BCUT2D eigenvalue weighted by atomic mass is 16.5. The maximum Gasteiger partial charge on any atom is 0.269 e. The van der Waals surface area contributed by atoms with E-state index in [4.69, 9.17) is 9.26 Å². The lowest BCUT2D eigenvalue weighted by Gasteiger charge is -2.08. The van der Waals surface area contributed by atoms with Crippen LogP contribution < -0.4 is 10.3 Å². The fourth-order valence-corrected chi connectivity index (χ4v) is 2.87.